The van der Waals surface area contributed by atoms with Crippen LogP contribution >= 0.6 is 11.6 Å². The van der Waals surface area contributed by atoms with Gasteiger partial charge in [-0.05, 0) is 24.6 Å². The average Bonchev–Trinajstić information content (AvgIpc) is 3.31. The van der Waals surface area contributed by atoms with E-state index in [-0.39, 0.29) is 28.7 Å². The van der Waals surface area contributed by atoms with Crippen LogP contribution in [0.2, 0.25) is 0 Å². The average molecular weight is 397 g/mol. The van der Waals surface area contributed by atoms with Gasteiger partial charge in [-0.2, -0.15) is 0 Å². The highest BCUT2D eigenvalue weighted by Gasteiger charge is 2.24. The molecular weight excluding hydrogens is 380 g/mol. The van der Waals surface area contributed by atoms with Crippen LogP contribution in [-0.2, 0) is 16.1 Å². The lowest BCUT2D eigenvalue weighted by Gasteiger charge is -2.08. The summed E-state index contributed by atoms with van der Waals surface area (Å²) < 4.78 is 3.69. The highest BCUT2D eigenvalue weighted by molar-refractivity contribution is 6.57. The van der Waals surface area contributed by atoms with Crippen LogP contribution in [0.25, 0.3) is 5.52 Å². The van der Waals surface area contributed by atoms with Crippen LogP contribution in [0.1, 0.15) is 12.8 Å². The predicted molar refractivity (Wildman–Crippen MR) is 106 cm³/mol. The summed E-state index contributed by atoms with van der Waals surface area (Å²) in [6.07, 6.45) is 9.16. The molecule has 9 heteroatoms. The molecule has 0 spiro atoms. The van der Waals surface area contributed by atoms with Crippen molar-refractivity contribution in [2.45, 2.75) is 19.4 Å². The molecule has 3 aromatic heterocycles. The molecule has 0 unspecified atom stereocenters. The molecule has 0 aliphatic heterocycles. The van der Waals surface area contributed by atoms with Crippen LogP contribution < -0.4 is 5.32 Å². The highest BCUT2D eigenvalue weighted by Crippen LogP contribution is 2.31. The van der Waals surface area contributed by atoms with E-state index in [9.17, 15) is 9.59 Å². The van der Waals surface area contributed by atoms with E-state index in [0.717, 1.165) is 18.5 Å². The van der Waals surface area contributed by atoms with Crippen molar-refractivity contribution >= 4 is 45.9 Å². The van der Waals surface area contributed by atoms with Crippen LogP contribution in [0, 0.1) is 0 Å². The number of hydrogen-bond donors (Lipinski definition) is 1. The van der Waals surface area contributed by atoms with Crippen LogP contribution in [0.3, 0.4) is 0 Å². The lowest BCUT2D eigenvalue weighted by Crippen LogP contribution is -2.22. The largest absolute Gasteiger partial charge is 0.367 e. The predicted octanol–water partition coefficient (Wildman–Crippen LogP) is 2.77. The Labute approximate surface area is 165 Å². The minimum Gasteiger partial charge on any atom is -0.367 e. The van der Waals surface area contributed by atoms with Gasteiger partial charge >= 0.3 is 0 Å². The van der Waals surface area contributed by atoms with Crippen LogP contribution in [0.5, 0.6) is 0 Å². The second-order valence-corrected chi connectivity index (χ2v) is 6.73. The number of rotatable bonds is 6. The number of pyridine rings is 1. The molecule has 0 bridgehead atoms. The SMILES string of the molecule is O=C1CC(=O)C(=Nc2c(NCCCn3ccnc3)nn3ccccc23)C=C1Cl. The van der Waals surface area contributed by atoms with Crippen molar-refractivity contribution in [2.24, 2.45) is 4.99 Å². The van der Waals surface area contributed by atoms with Gasteiger partial charge in [0.1, 0.15) is 11.4 Å². The summed E-state index contributed by atoms with van der Waals surface area (Å²) in [5.41, 5.74) is 1.45. The molecular formula is C19H17ClN6O2. The number of carbonyl (C=O) groups excluding carboxylic acids is 2. The summed E-state index contributed by atoms with van der Waals surface area (Å²) in [5.74, 6) is -0.169. The number of imidazole rings is 1. The molecule has 0 saturated heterocycles. The number of aromatic nitrogens is 4. The molecule has 0 aromatic carbocycles. The lowest BCUT2D eigenvalue weighted by atomic mass is 10.0. The summed E-state index contributed by atoms with van der Waals surface area (Å²) in [7, 11) is 0. The number of Topliss-reactive ketones (excluding diaryl/α,β-unsaturated/α-hetero) is 2. The maximum Gasteiger partial charge on any atom is 0.189 e. The zero-order valence-corrected chi connectivity index (χ0v) is 15.6. The Bertz CT molecular complexity index is 1100. The molecule has 3 aromatic rings. The third-order valence-corrected chi connectivity index (χ3v) is 4.65. The van der Waals surface area contributed by atoms with Gasteiger partial charge in [-0.15, -0.1) is 5.10 Å². The second-order valence-electron chi connectivity index (χ2n) is 6.32. The summed E-state index contributed by atoms with van der Waals surface area (Å²) in [5, 5.41) is 7.82. The van der Waals surface area contributed by atoms with Gasteiger partial charge < -0.3 is 9.88 Å². The van der Waals surface area contributed by atoms with Crippen molar-refractivity contribution in [3.63, 3.8) is 0 Å². The first kappa shape index (κ1) is 18.1. The Morgan fingerprint density at radius 2 is 2.11 bits per heavy atom. The zero-order chi connectivity index (χ0) is 19.5. The molecule has 1 aliphatic carbocycles. The zero-order valence-electron chi connectivity index (χ0n) is 14.9. The quantitative estimate of drug-likeness (QED) is 0.510. The fourth-order valence-corrected chi connectivity index (χ4v) is 3.09. The number of nitrogens with one attached hydrogen (secondary N) is 1. The lowest BCUT2D eigenvalue weighted by molar-refractivity contribution is -0.121. The van der Waals surface area contributed by atoms with Gasteiger partial charge in [0, 0.05) is 31.7 Å². The molecule has 3 heterocycles. The molecule has 0 amide bonds. The van der Waals surface area contributed by atoms with E-state index in [2.05, 4.69) is 20.4 Å². The van der Waals surface area contributed by atoms with Gasteiger partial charge in [-0.1, -0.05) is 17.7 Å². The topological polar surface area (TPSA) is 93.6 Å². The fourth-order valence-electron chi connectivity index (χ4n) is 2.92. The number of allylic oxidation sites excluding steroid dienone is 2. The van der Waals surface area contributed by atoms with Crippen LogP contribution in [0.15, 0.2) is 59.2 Å². The molecule has 0 radical (unpaired) electrons. The maximum absolute atomic E-state index is 12.2. The minimum absolute atomic E-state index is 0.0182. The number of halogens is 1. The Balaban J connectivity index is 1.61. The van der Waals surface area contributed by atoms with E-state index in [1.54, 1.807) is 17.0 Å². The number of carbonyl (C=O) groups is 2. The maximum atomic E-state index is 12.2. The molecule has 0 atom stereocenters. The van der Waals surface area contributed by atoms with E-state index in [1.165, 1.54) is 6.08 Å². The Kier molecular flexibility index (Phi) is 5.03. The number of ketones is 2. The van der Waals surface area contributed by atoms with Crippen LogP contribution in [0.4, 0.5) is 11.5 Å². The molecule has 8 nitrogen and oxygen atoms in total. The molecule has 142 valence electrons. The third-order valence-electron chi connectivity index (χ3n) is 4.33. The third kappa shape index (κ3) is 3.72. The van der Waals surface area contributed by atoms with Gasteiger partial charge in [-0.25, -0.2) is 14.5 Å². The van der Waals surface area contributed by atoms with Crippen molar-refractivity contribution in [3.05, 3.63) is 54.2 Å². The van der Waals surface area contributed by atoms with Gasteiger partial charge in [0.2, 0.25) is 0 Å². The first-order chi connectivity index (χ1) is 13.6. The van der Waals surface area contributed by atoms with Crippen LogP contribution in [-0.4, -0.2) is 43.0 Å². The summed E-state index contributed by atoms with van der Waals surface area (Å²) in [4.78, 5) is 32.3. The van der Waals surface area contributed by atoms with E-state index in [4.69, 9.17) is 11.6 Å². The van der Waals surface area contributed by atoms with Crippen molar-refractivity contribution < 1.29 is 9.59 Å². The normalized spacial score (nSPS) is 16.0. The molecule has 0 fully saturated rings. The number of fused-ring (bicyclic) bond motifs is 1. The Morgan fingerprint density at radius 1 is 1.21 bits per heavy atom. The van der Waals surface area contributed by atoms with E-state index in [0.29, 0.717) is 18.1 Å². The summed E-state index contributed by atoms with van der Waals surface area (Å²) in [6.45, 7) is 1.49. The molecule has 28 heavy (non-hydrogen) atoms. The number of nitrogens with zero attached hydrogens (tertiary/aromatic N) is 5. The monoisotopic (exact) mass is 396 g/mol. The van der Waals surface area contributed by atoms with Gasteiger partial charge in [0.15, 0.2) is 17.4 Å². The molecule has 1 N–H and O–H groups in total. The number of aliphatic imine (C=N–C) groups is 1. The first-order valence-corrected chi connectivity index (χ1v) is 9.19. The Hall–Kier alpha value is -3.26. The molecule has 0 saturated carbocycles. The van der Waals surface area contributed by atoms with E-state index >= 15 is 0 Å². The first-order valence-electron chi connectivity index (χ1n) is 8.81. The molecule has 4 rings (SSSR count). The fraction of sp³-hybridized carbons (Fsp3) is 0.211. The van der Waals surface area contributed by atoms with Gasteiger partial charge in [0.05, 0.1) is 23.3 Å². The van der Waals surface area contributed by atoms with Gasteiger partial charge in [-0.3, -0.25) is 9.59 Å². The highest BCUT2D eigenvalue weighted by atomic mass is 35.5. The van der Waals surface area contributed by atoms with Crippen molar-refractivity contribution in [3.8, 4) is 0 Å². The van der Waals surface area contributed by atoms with Crippen molar-refractivity contribution in [2.75, 3.05) is 11.9 Å². The van der Waals surface area contributed by atoms with Gasteiger partial charge in [0.25, 0.3) is 0 Å². The molecule has 1 aliphatic rings. The number of hydrogen-bond acceptors (Lipinski definition) is 6. The summed E-state index contributed by atoms with van der Waals surface area (Å²) >= 11 is 5.91. The standard InChI is InChI=1S/C19H17ClN6O2/c20-13-10-14(17(28)11-16(13)27)23-18-15-4-1-2-8-26(15)24-19(18)22-5-3-7-25-9-6-21-12-25/h1-2,4,6,8-10,12H,3,5,7,11H2,(H,22,24). The smallest absolute Gasteiger partial charge is 0.189 e. The second kappa shape index (κ2) is 7.77. The number of aryl methyl sites for hydroxylation is 1. The Morgan fingerprint density at radius 3 is 2.93 bits per heavy atom. The number of anilines is 1. The van der Waals surface area contributed by atoms with Crippen molar-refractivity contribution in [1.82, 2.24) is 19.2 Å². The summed E-state index contributed by atoms with van der Waals surface area (Å²) in [6, 6.07) is 5.60. The van der Waals surface area contributed by atoms with E-state index < -0.39 is 0 Å². The minimum atomic E-state index is -0.386. The van der Waals surface area contributed by atoms with Crippen molar-refractivity contribution in [1.29, 1.82) is 0 Å². The van der Waals surface area contributed by atoms with E-state index in [1.807, 2.05) is 35.2 Å².